The Morgan fingerprint density at radius 2 is 2.21 bits per heavy atom. The minimum atomic E-state index is -3.43. The first-order valence-electron chi connectivity index (χ1n) is 3.83. The van der Waals surface area contributed by atoms with Crippen LogP contribution in [0.5, 0.6) is 5.75 Å². The number of hydrogen-bond acceptors (Lipinski definition) is 4. The molecule has 0 amide bonds. The third kappa shape index (κ3) is 2.05. The van der Waals surface area contributed by atoms with Gasteiger partial charge >= 0.3 is 10.1 Å². The summed E-state index contributed by atoms with van der Waals surface area (Å²) in [6.45, 7) is 0. The van der Waals surface area contributed by atoms with E-state index in [4.69, 9.17) is 4.18 Å². The molecule has 1 radical (unpaired) electrons. The van der Waals surface area contributed by atoms with Gasteiger partial charge in [-0.3, -0.25) is 0 Å². The molecule has 0 saturated carbocycles. The van der Waals surface area contributed by atoms with Crippen molar-refractivity contribution in [3.63, 3.8) is 0 Å². The van der Waals surface area contributed by atoms with Crippen molar-refractivity contribution in [3.8, 4) is 5.75 Å². The van der Waals surface area contributed by atoms with Crippen LogP contribution in [0.1, 0.15) is 0 Å². The maximum Gasteiger partial charge on any atom is 0.306 e. The first kappa shape index (κ1) is 9.48. The molecule has 0 atom stereocenters. The molecule has 14 heavy (non-hydrogen) atoms. The maximum atomic E-state index is 10.8. The first-order chi connectivity index (χ1) is 6.54. The molecule has 0 N–H and O–H groups in total. The average Bonchev–Trinajstić information content (AvgIpc) is 2.47. The molecule has 0 unspecified atom stereocenters. The van der Waals surface area contributed by atoms with Gasteiger partial charge in [-0.15, -0.1) is 11.3 Å². The van der Waals surface area contributed by atoms with Crippen LogP contribution in [0.15, 0.2) is 23.6 Å². The Kier molecular flexibility index (Phi) is 2.20. The summed E-state index contributed by atoms with van der Waals surface area (Å²) in [7, 11) is -3.43. The van der Waals surface area contributed by atoms with E-state index in [2.05, 4.69) is 6.07 Å². The average molecular weight is 227 g/mol. The molecule has 3 nitrogen and oxygen atoms in total. The van der Waals surface area contributed by atoms with Crippen LogP contribution in [0.4, 0.5) is 0 Å². The molecule has 0 spiro atoms. The van der Waals surface area contributed by atoms with Gasteiger partial charge in [0.25, 0.3) is 0 Å². The van der Waals surface area contributed by atoms with Crippen LogP contribution in [-0.2, 0) is 10.1 Å². The lowest BCUT2D eigenvalue weighted by molar-refractivity contribution is 0.493. The van der Waals surface area contributed by atoms with Crippen molar-refractivity contribution in [3.05, 3.63) is 29.6 Å². The Morgan fingerprint density at radius 1 is 1.43 bits per heavy atom. The lowest BCUT2D eigenvalue weighted by Gasteiger charge is -2.01. The monoisotopic (exact) mass is 227 g/mol. The van der Waals surface area contributed by atoms with Gasteiger partial charge in [-0.25, -0.2) is 0 Å². The van der Waals surface area contributed by atoms with Crippen LogP contribution in [0.3, 0.4) is 0 Å². The minimum absolute atomic E-state index is 0.343. The number of benzene rings is 1. The molecule has 0 aliphatic carbocycles. The van der Waals surface area contributed by atoms with Gasteiger partial charge in [0.1, 0.15) is 5.75 Å². The highest BCUT2D eigenvalue weighted by Crippen LogP contribution is 2.25. The van der Waals surface area contributed by atoms with Crippen LogP contribution >= 0.6 is 11.3 Å². The van der Waals surface area contributed by atoms with Gasteiger partial charge in [0, 0.05) is 16.2 Å². The quantitative estimate of drug-likeness (QED) is 0.737. The van der Waals surface area contributed by atoms with E-state index in [9.17, 15) is 8.42 Å². The number of rotatable bonds is 2. The van der Waals surface area contributed by atoms with Crippen LogP contribution in [0, 0.1) is 6.07 Å². The second-order valence-electron chi connectivity index (χ2n) is 2.83. The molecule has 0 saturated heterocycles. The molecule has 0 aliphatic heterocycles. The summed E-state index contributed by atoms with van der Waals surface area (Å²) in [5, 5.41) is 2.80. The fourth-order valence-electron chi connectivity index (χ4n) is 1.10. The predicted octanol–water partition coefficient (Wildman–Crippen LogP) is 2.04. The van der Waals surface area contributed by atoms with Gasteiger partial charge in [-0.1, -0.05) is 0 Å². The third-order valence-electron chi connectivity index (χ3n) is 1.60. The minimum Gasteiger partial charge on any atom is -0.383 e. The van der Waals surface area contributed by atoms with Crippen molar-refractivity contribution >= 4 is 31.5 Å². The van der Waals surface area contributed by atoms with E-state index in [1.807, 2.05) is 5.38 Å². The summed E-state index contributed by atoms with van der Waals surface area (Å²) in [6.07, 6.45) is 1.03. The molecule has 0 aliphatic rings. The fourth-order valence-corrected chi connectivity index (χ4v) is 2.31. The van der Waals surface area contributed by atoms with Gasteiger partial charge in [0.15, 0.2) is 0 Å². The van der Waals surface area contributed by atoms with E-state index in [1.165, 1.54) is 11.3 Å². The summed E-state index contributed by atoms with van der Waals surface area (Å²) in [6, 6.07) is 8.12. The van der Waals surface area contributed by atoms with Gasteiger partial charge in [-0.2, -0.15) is 8.42 Å². The van der Waals surface area contributed by atoms with E-state index in [1.54, 1.807) is 18.2 Å². The van der Waals surface area contributed by atoms with E-state index in [0.29, 0.717) is 5.75 Å². The van der Waals surface area contributed by atoms with Crippen molar-refractivity contribution in [1.82, 2.24) is 0 Å². The smallest absolute Gasteiger partial charge is 0.306 e. The van der Waals surface area contributed by atoms with Crippen LogP contribution in [0.2, 0.25) is 0 Å². The van der Waals surface area contributed by atoms with E-state index in [-0.39, 0.29) is 0 Å². The molecule has 73 valence electrons. The second kappa shape index (κ2) is 3.25. The summed E-state index contributed by atoms with van der Waals surface area (Å²) < 4.78 is 27.4. The molecular weight excluding hydrogens is 220 g/mol. The molecule has 1 heterocycles. The highest BCUT2D eigenvalue weighted by Gasteiger charge is 2.05. The Hall–Kier alpha value is -1.07. The van der Waals surface area contributed by atoms with Crippen molar-refractivity contribution in [1.29, 1.82) is 0 Å². The molecule has 5 heteroatoms. The summed E-state index contributed by atoms with van der Waals surface area (Å²) in [5.41, 5.74) is 0. The largest absolute Gasteiger partial charge is 0.383 e. The van der Waals surface area contributed by atoms with E-state index < -0.39 is 10.1 Å². The molecular formula is C9H7O3S2. The van der Waals surface area contributed by atoms with Gasteiger partial charge in [0.05, 0.1) is 6.26 Å². The van der Waals surface area contributed by atoms with E-state index >= 15 is 0 Å². The number of hydrogen-bond donors (Lipinski definition) is 0. The van der Waals surface area contributed by atoms with Crippen LogP contribution in [-0.4, -0.2) is 14.7 Å². The number of thiophene rings is 1. The zero-order valence-corrected chi connectivity index (χ0v) is 8.98. The Balaban J connectivity index is 2.44. The number of fused-ring (bicyclic) bond motifs is 1. The lowest BCUT2D eigenvalue weighted by Crippen LogP contribution is -2.05. The van der Waals surface area contributed by atoms with Crippen LogP contribution in [0.25, 0.3) is 10.1 Å². The Bertz CT molecular complexity index is 554. The lowest BCUT2D eigenvalue weighted by atomic mass is 10.2. The molecule has 2 rings (SSSR count). The molecule has 1 aromatic heterocycles. The highest BCUT2D eigenvalue weighted by molar-refractivity contribution is 7.86. The zero-order chi connectivity index (χ0) is 10.2. The van der Waals surface area contributed by atoms with Crippen molar-refractivity contribution in [2.75, 3.05) is 6.26 Å². The van der Waals surface area contributed by atoms with Gasteiger partial charge < -0.3 is 4.18 Å². The Morgan fingerprint density at radius 3 is 2.93 bits per heavy atom. The zero-order valence-electron chi connectivity index (χ0n) is 7.35. The van der Waals surface area contributed by atoms with Crippen molar-refractivity contribution in [2.45, 2.75) is 0 Å². The third-order valence-corrected chi connectivity index (χ3v) is 2.92. The normalized spacial score (nSPS) is 11.8. The molecule has 1 aromatic carbocycles. The van der Waals surface area contributed by atoms with Gasteiger partial charge in [-0.05, 0) is 23.6 Å². The maximum absolute atomic E-state index is 10.8. The van der Waals surface area contributed by atoms with Crippen molar-refractivity contribution in [2.24, 2.45) is 0 Å². The summed E-state index contributed by atoms with van der Waals surface area (Å²) in [5.74, 6) is 0.343. The fraction of sp³-hybridized carbons (Fsp3) is 0.111. The molecule has 0 bridgehead atoms. The summed E-state index contributed by atoms with van der Waals surface area (Å²) >= 11 is 1.50. The standard InChI is InChI=1S/C9H7O3S2/c1-14(10,11)12-8-3-2-7-4-5-13-9(7)6-8/h2-3,5-6H,1H3. The SMILES string of the molecule is CS(=O)(=O)Oc1ccc2[c]csc2c1. The van der Waals surface area contributed by atoms with Gasteiger partial charge in [0.2, 0.25) is 0 Å². The topological polar surface area (TPSA) is 43.4 Å². The van der Waals surface area contributed by atoms with Crippen molar-refractivity contribution < 1.29 is 12.6 Å². The summed E-state index contributed by atoms with van der Waals surface area (Å²) in [4.78, 5) is 0. The second-order valence-corrected chi connectivity index (χ2v) is 5.31. The van der Waals surface area contributed by atoms with E-state index in [0.717, 1.165) is 16.3 Å². The van der Waals surface area contributed by atoms with Crippen LogP contribution < -0.4 is 4.18 Å². The first-order valence-corrected chi connectivity index (χ1v) is 6.53. The highest BCUT2D eigenvalue weighted by atomic mass is 32.2. The predicted molar refractivity (Wildman–Crippen MR) is 56.1 cm³/mol. The Labute approximate surface area is 86.1 Å². The molecule has 2 aromatic rings. The molecule has 0 fully saturated rings.